The largest absolute Gasteiger partial charge is 0.454 e. The third-order valence-electron chi connectivity index (χ3n) is 5.82. The molecule has 0 bridgehead atoms. The van der Waals surface area contributed by atoms with E-state index in [4.69, 9.17) is 14.5 Å². The van der Waals surface area contributed by atoms with Crippen LogP contribution in [-0.2, 0) is 11.3 Å². The Morgan fingerprint density at radius 1 is 1.00 bits per heavy atom. The van der Waals surface area contributed by atoms with Gasteiger partial charge < -0.3 is 14.8 Å². The van der Waals surface area contributed by atoms with Gasteiger partial charge in [-0.25, -0.2) is 9.97 Å². The average molecular weight is 497 g/mol. The number of anilines is 1. The van der Waals surface area contributed by atoms with Gasteiger partial charge in [0.2, 0.25) is 12.7 Å². The Labute approximate surface area is 209 Å². The molecule has 0 aliphatic carbocycles. The fraction of sp³-hybridized carbons (Fsp3) is 0.111. The van der Waals surface area contributed by atoms with E-state index in [2.05, 4.69) is 29.4 Å². The first-order chi connectivity index (χ1) is 17.5. The zero-order valence-corrected chi connectivity index (χ0v) is 20.0. The smallest absolute Gasteiger partial charge is 0.254 e. The highest BCUT2D eigenvalue weighted by atomic mass is 32.1. The number of fused-ring (bicyclic) bond motifs is 2. The summed E-state index contributed by atoms with van der Waals surface area (Å²) >= 11 is 1.64. The van der Waals surface area contributed by atoms with Crippen molar-refractivity contribution in [3.05, 3.63) is 89.0 Å². The molecule has 0 saturated heterocycles. The van der Waals surface area contributed by atoms with Gasteiger partial charge in [-0.1, -0.05) is 6.07 Å². The Hall–Kier alpha value is -4.50. The molecule has 1 aliphatic rings. The standard InChI is InChI=1S/C27H20N4O4S/c1-16-2-8-20-24(10-16)36-27(30-20)17-3-6-19(7-4-17)29-25(32)13-31-14-28-21(12-26(31)33)18-5-9-22-23(11-18)35-15-34-22/h2-12,14H,13,15H2,1H3,(H,29,32). The quantitative estimate of drug-likeness (QED) is 0.373. The van der Waals surface area contributed by atoms with Crippen molar-refractivity contribution in [2.75, 3.05) is 12.1 Å². The lowest BCUT2D eigenvalue weighted by Crippen LogP contribution is -2.27. The Morgan fingerprint density at radius 2 is 1.81 bits per heavy atom. The summed E-state index contributed by atoms with van der Waals surface area (Å²) < 4.78 is 13.1. The molecule has 0 radical (unpaired) electrons. The van der Waals surface area contributed by atoms with Crippen molar-refractivity contribution in [2.45, 2.75) is 13.5 Å². The van der Waals surface area contributed by atoms with E-state index in [-0.39, 0.29) is 24.8 Å². The Bertz CT molecular complexity index is 1670. The first-order valence-electron chi connectivity index (χ1n) is 11.3. The van der Waals surface area contributed by atoms with Gasteiger partial charge in [0.25, 0.3) is 5.56 Å². The summed E-state index contributed by atoms with van der Waals surface area (Å²) in [6, 6.07) is 20.5. The molecule has 0 saturated carbocycles. The summed E-state index contributed by atoms with van der Waals surface area (Å²) in [5.74, 6) is 0.951. The summed E-state index contributed by atoms with van der Waals surface area (Å²) in [5, 5.41) is 3.76. The maximum atomic E-state index is 12.6. The second-order valence-corrected chi connectivity index (χ2v) is 9.45. The molecule has 3 aromatic carbocycles. The summed E-state index contributed by atoms with van der Waals surface area (Å²) in [6.07, 6.45) is 1.37. The summed E-state index contributed by atoms with van der Waals surface area (Å²) in [5.41, 5.74) is 4.69. The van der Waals surface area contributed by atoms with Gasteiger partial charge in [0.1, 0.15) is 11.6 Å². The number of carbonyl (C=O) groups excluding carboxylic acids is 1. The Kier molecular flexibility index (Phi) is 5.46. The number of nitrogens with zero attached hydrogens (tertiary/aromatic N) is 3. The first-order valence-corrected chi connectivity index (χ1v) is 12.1. The molecule has 0 unspecified atom stereocenters. The van der Waals surface area contributed by atoms with Crippen LogP contribution in [0.15, 0.2) is 77.9 Å². The number of ether oxygens (including phenoxy) is 2. The van der Waals surface area contributed by atoms with Gasteiger partial charge >= 0.3 is 0 Å². The number of benzene rings is 3. The van der Waals surface area contributed by atoms with Crippen molar-refractivity contribution in [3.63, 3.8) is 0 Å². The lowest BCUT2D eigenvalue weighted by Gasteiger charge is -2.09. The molecule has 0 fully saturated rings. The monoisotopic (exact) mass is 496 g/mol. The number of aryl methyl sites for hydroxylation is 1. The molecule has 6 rings (SSSR count). The van der Waals surface area contributed by atoms with Gasteiger partial charge in [-0.05, 0) is 67.1 Å². The first kappa shape index (κ1) is 22.0. The van der Waals surface area contributed by atoms with Crippen molar-refractivity contribution in [2.24, 2.45) is 0 Å². The van der Waals surface area contributed by atoms with Crippen LogP contribution in [0.3, 0.4) is 0 Å². The normalized spacial score (nSPS) is 12.1. The second kappa shape index (κ2) is 8.94. The van der Waals surface area contributed by atoms with Crippen LogP contribution in [0, 0.1) is 6.92 Å². The van der Waals surface area contributed by atoms with E-state index in [9.17, 15) is 9.59 Å². The van der Waals surface area contributed by atoms with Crippen LogP contribution in [0.2, 0.25) is 0 Å². The van der Waals surface area contributed by atoms with Gasteiger partial charge in [-0.15, -0.1) is 11.3 Å². The molecule has 0 spiro atoms. The van der Waals surface area contributed by atoms with Crippen LogP contribution in [0.4, 0.5) is 5.69 Å². The number of rotatable bonds is 5. The highest BCUT2D eigenvalue weighted by Gasteiger charge is 2.15. The molecule has 1 N–H and O–H groups in total. The molecular formula is C27H20N4O4S. The molecule has 178 valence electrons. The van der Waals surface area contributed by atoms with Crippen molar-refractivity contribution >= 4 is 33.1 Å². The zero-order chi connectivity index (χ0) is 24.6. The highest BCUT2D eigenvalue weighted by Crippen LogP contribution is 2.35. The number of thiazole rings is 1. The topological polar surface area (TPSA) is 95.3 Å². The SMILES string of the molecule is Cc1ccc2nc(-c3ccc(NC(=O)Cn4cnc(-c5ccc6c(c5)OCO6)cc4=O)cc3)sc2c1. The molecule has 2 aromatic heterocycles. The zero-order valence-electron chi connectivity index (χ0n) is 19.2. The predicted octanol–water partition coefficient (Wildman–Crippen LogP) is 4.86. The van der Waals surface area contributed by atoms with E-state index in [1.165, 1.54) is 22.5 Å². The molecule has 9 heteroatoms. The van der Waals surface area contributed by atoms with E-state index >= 15 is 0 Å². The van der Waals surface area contributed by atoms with Crippen molar-refractivity contribution in [1.82, 2.24) is 14.5 Å². The van der Waals surface area contributed by atoms with E-state index in [1.807, 2.05) is 36.4 Å². The number of nitrogens with one attached hydrogen (secondary N) is 1. The van der Waals surface area contributed by atoms with Crippen LogP contribution in [-0.4, -0.2) is 27.2 Å². The van der Waals surface area contributed by atoms with Gasteiger partial charge in [0.05, 0.1) is 22.2 Å². The van der Waals surface area contributed by atoms with Crippen LogP contribution < -0.4 is 20.3 Å². The molecule has 5 aromatic rings. The summed E-state index contributed by atoms with van der Waals surface area (Å²) in [7, 11) is 0. The Balaban J connectivity index is 1.13. The van der Waals surface area contributed by atoms with E-state index in [0.717, 1.165) is 26.4 Å². The van der Waals surface area contributed by atoms with Crippen LogP contribution in [0.1, 0.15) is 5.56 Å². The lowest BCUT2D eigenvalue weighted by atomic mass is 10.1. The van der Waals surface area contributed by atoms with Crippen molar-refractivity contribution in [1.29, 1.82) is 0 Å². The fourth-order valence-corrected chi connectivity index (χ4v) is 5.03. The molecule has 0 atom stereocenters. The van der Waals surface area contributed by atoms with Crippen molar-refractivity contribution in [3.8, 4) is 33.3 Å². The molecule has 1 amide bonds. The van der Waals surface area contributed by atoms with Gasteiger partial charge in [-0.2, -0.15) is 0 Å². The molecule has 1 aliphatic heterocycles. The number of aromatic nitrogens is 3. The number of hydrogen-bond acceptors (Lipinski definition) is 7. The highest BCUT2D eigenvalue weighted by molar-refractivity contribution is 7.21. The van der Waals surface area contributed by atoms with Gasteiger partial charge in [0.15, 0.2) is 11.5 Å². The maximum absolute atomic E-state index is 12.6. The van der Waals surface area contributed by atoms with E-state index in [1.54, 1.807) is 23.5 Å². The molecular weight excluding hydrogens is 476 g/mol. The molecule has 3 heterocycles. The van der Waals surface area contributed by atoms with Gasteiger partial charge in [0, 0.05) is 22.9 Å². The third-order valence-corrected chi connectivity index (χ3v) is 6.89. The average Bonchev–Trinajstić information content (AvgIpc) is 3.52. The predicted molar refractivity (Wildman–Crippen MR) is 138 cm³/mol. The minimum atomic E-state index is -0.325. The minimum Gasteiger partial charge on any atom is -0.454 e. The lowest BCUT2D eigenvalue weighted by molar-refractivity contribution is -0.116. The van der Waals surface area contributed by atoms with Crippen LogP contribution in [0.25, 0.3) is 32.0 Å². The number of carbonyl (C=O) groups is 1. The van der Waals surface area contributed by atoms with E-state index < -0.39 is 0 Å². The summed E-state index contributed by atoms with van der Waals surface area (Å²) in [6.45, 7) is 2.09. The number of amides is 1. The van der Waals surface area contributed by atoms with Crippen LogP contribution >= 0.6 is 11.3 Å². The minimum absolute atomic E-state index is 0.147. The second-order valence-electron chi connectivity index (χ2n) is 8.42. The summed E-state index contributed by atoms with van der Waals surface area (Å²) in [4.78, 5) is 34.2. The van der Waals surface area contributed by atoms with Crippen molar-refractivity contribution < 1.29 is 14.3 Å². The van der Waals surface area contributed by atoms with E-state index in [0.29, 0.717) is 22.9 Å². The fourth-order valence-electron chi connectivity index (χ4n) is 3.97. The molecule has 8 nitrogen and oxygen atoms in total. The van der Waals surface area contributed by atoms with Gasteiger partial charge in [-0.3, -0.25) is 14.2 Å². The number of hydrogen-bond donors (Lipinski definition) is 1. The Morgan fingerprint density at radius 3 is 2.64 bits per heavy atom. The third kappa shape index (κ3) is 4.32. The molecule has 36 heavy (non-hydrogen) atoms. The van der Waals surface area contributed by atoms with Crippen LogP contribution in [0.5, 0.6) is 11.5 Å². The maximum Gasteiger partial charge on any atom is 0.254 e.